The quantitative estimate of drug-likeness (QED) is 0.566. The van der Waals surface area contributed by atoms with Crippen LogP contribution in [-0.4, -0.2) is 17.0 Å². The van der Waals surface area contributed by atoms with Crippen LogP contribution in [0.1, 0.15) is 39.0 Å². The van der Waals surface area contributed by atoms with Crippen molar-refractivity contribution in [2.24, 2.45) is 0 Å². The van der Waals surface area contributed by atoms with Gasteiger partial charge in [-0.2, -0.15) is 13.2 Å². The largest absolute Gasteiger partial charge is 0.481 e. The first-order chi connectivity index (χ1) is 14.7. The fourth-order valence-corrected chi connectivity index (χ4v) is 3.95. The summed E-state index contributed by atoms with van der Waals surface area (Å²) in [5.41, 5.74) is -0.665. The molecule has 8 heteroatoms. The molecule has 1 heterocycles. The molecule has 31 heavy (non-hydrogen) atoms. The average molecular weight is 429 g/mol. The van der Waals surface area contributed by atoms with E-state index >= 15 is 0 Å². The summed E-state index contributed by atoms with van der Waals surface area (Å²) in [6.07, 6.45) is -4.66. The molecule has 4 rings (SSSR count). The second kappa shape index (κ2) is 7.54. The van der Waals surface area contributed by atoms with Gasteiger partial charge in [-0.3, -0.25) is 14.5 Å². The number of carbonyl (C=O) groups is 2. The summed E-state index contributed by atoms with van der Waals surface area (Å²) in [6, 6.07) is 13.9. The van der Waals surface area contributed by atoms with E-state index in [4.69, 9.17) is 0 Å². The van der Waals surface area contributed by atoms with Gasteiger partial charge in [0.15, 0.2) is 0 Å². The van der Waals surface area contributed by atoms with E-state index in [0.717, 1.165) is 35.2 Å². The number of fused-ring (bicyclic) bond motifs is 1. The zero-order valence-corrected chi connectivity index (χ0v) is 15.8. The summed E-state index contributed by atoms with van der Waals surface area (Å²) in [4.78, 5) is 26.7. The molecule has 1 N–H and O–H groups in total. The lowest BCUT2D eigenvalue weighted by Gasteiger charge is -2.41. The lowest BCUT2D eigenvalue weighted by atomic mass is 9.79. The highest BCUT2D eigenvalue weighted by atomic mass is 19.4. The predicted octanol–water partition coefficient (Wildman–Crippen LogP) is 5.41. The molecule has 0 radical (unpaired) electrons. The molecule has 0 saturated heterocycles. The Morgan fingerprint density at radius 3 is 2.32 bits per heavy atom. The van der Waals surface area contributed by atoms with Crippen molar-refractivity contribution in [3.8, 4) is 0 Å². The molecule has 0 aromatic heterocycles. The van der Waals surface area contributed by atoms with E-state index in [1.54, 1.807) is 12.1 Å². The van der Waals surface area contributed by atoms with E-state index in [9.17, 15) is 32.3 Å². The van der Waals surface area contributed by atoms with Gasteiger partial charge >= 0.3 is 12.1 Å². The summed E-state index contributed by atoms with van der Waals surface area (Å²) >= 11 is 0. The number of carboxylic acid groups (broad SMARTS) is 1. The Morgan fingerprint density at radius 2 is 1.65 bits per heavy atom. The first-order valence-electron chi connectivity index (χ1n) is 9.26. The minimum Gasteiger partial charge on any atom is -0.481 e. The van der Waals surface area contributed by atoms with Crippen molar-refractivity contribution >= 4 is 17.6 Å². The molecule has 0 fully saturated rings. The van der Waals surface area contributed by atoms with Crippen LogP contribution < -0.4 is 4.90 Å². The molecular formula is C23H15F4NO3. The van der Waals surface area contributed by atoms with E-state index in [-0.39, 0.29) is 22.4 Å². The molecule has 1 amide bonds. The van der Waals surface area contributed by atoms with Crippen molar-refractivity contribution in [3.05, 3.63) is 101 Å². The van der Waals surface area contributed by atoms with Gasteiger partial charge in [-0.25, -0.2) is 4.39 Å². The Kier molecular flexibility index (Phi) is 5.00. The van der Waals surface area contributed by atoms with Crippen molar-refractivity contribution in [1.82, 2.24) is 0 Å². The number of hydrogen-bond donors (Lipinski definition) is 1. The van der Waals surface area contributed by atoms with Crippen molar-refractivity contribution in [2.45, 2.75) is 18.1 Å². The summed E-state index contributed by atoms with van der Waals surface area (Å²) in [5.74, 6) is -3.92. The summed E-state index contributed by atoms with van der Waals surface area (Å²) in [5, 5.41) is 10.0. The highest BCUT2D eigenvalue weighted by Crippen LogP contribution is 2.46. The van der Waals surface area contributed by atoms with E-state index in [1.165, 1.54) is 30.3 Å². The van der Waals surface area contributed by atoms with Gasteiger partial charge < -0.3 is 5.11 Å². The van der Waals surface area contributed by atoms with Crippen LogP contribution in [0.4, 0.5) is 23.2 Å². The van der Waals surface area contributed by atoms with Gasteiger partial charge in [-0.15, -0.1) is 0 Å². The van der Waals surface area contributed by atoms with Crippen LogP contribution >= 0.6 is 0 Å². The van der Waals surface area contributed by atoms with Crippen molar-refractivity contribution in [1.29, 1.82) is 0 Å². The minimum absolute atomic E-state index is 0.0694. The van der Waals surface area contributed by atoms with E-state index in [0.29, 0.717) is 0 Å². The number of nitrogens with zero attached hydrogens (tertiary/aromatic N) is 1. The first kappa shape index (κ1) is 20.6. The Morgan fingerprint density at radius 1 is 0.935 bits per heavy atom. The van der Waals surface area contributed by atoms with Gasteiger partial charge in [-0.05, 0) is 47.5 Å². The van der Waals surface area contributed by atoms with Gasteiger partial charge in [0.25, 0.3) is 5.91 Å². The Hall–Kier alpha value is -3.68. The van der Waals surface area contributed by atoms with Gasteiger partial charge in [0.2, 0.25) is 0 Å². The molecule has 1 aliphatic rings. The Labute approximate surface area is 174 Å². The number of halogens is 4. The second-order valence-electron chi connectivity index (χ2n) is 7.13. The maximum absolute atomic E-state index is 14.0. The molecule has 3 aromatic rings. The second-order valence-corrected chi connectivity index (χ2v) is 7.13. The number of benzene rings is 3. The fourth-order valence-electron chi connectivity index (χ4n) is 3.95. The van der Waals surface area contributed by atoms with Gasteiger partial charge in [0.1, 0.15) is 11.7 Å². The van der Waals surface area contributed by atoms with Crippen molar-refractivity contribution in [2.75, 3.05) is 4.90 Å². The van der Waals surface area contributed by atoms with Crippen LogP contribution in [0.15, 0.2) is 72.8 Å². The molecule has 0 saturated carbocycles. The molecule has 4 nitrogen and oxygen atoms in total. The summed E-state index contributed by atoms with van der Waals surface area (Å²) in [7, 11) is 0. The van der Waals surface area contributed by atoms with Crippen molar-refractivity contribution < 1.29 is 32.3 Å². The van der Waals surface area contributed by atoms with Crippen molar-refractivity contribution in [3.63, 3.8) is 0 Å². The molecule has 2 atom stereocenters. The molecule has 0 bridgehead atoms. The fraction of sp³-hybridized carbons (Fsp3) is 0.130. The molecule has 0 aliphatic carbocycles. The van der Waals surface area contributed by atoms with Crippen LogP contribution in [-0.2, 0) is 11.0 Å². The standard InChI is InChI=1S/C23H15F4NO3/c24-15-7-3-5-13(11-15)20-19(22(30)31)17-9-1-2-10-18(17)21(29)28(20)16-8-4-6-14(12-16)23(25,26)27/h1-12,19-20H,(H,30,31)/t19-,20-/m1/s1. The molecular weight excluding hydrogens is 414 g/mol. The van der Waals surface area contributed by atoms with E-state index < -0.39 is 41.4 Å². The van der Waals surface area contributed by atoms with E-state index in [1.807, 2.05) is 0 Å². The highest BCUT2D eigenvalue weighted by molar-refractivity contribution is 6.11. The number of alkyl halides is 3. The van der Waals surface area contributed by atoms with Crippen LogP contribution in [0.5, 0.6) is 0 Å². The molecule has 158 valence electrons. The van der Waals surface area contributed by atoms with E-state index in [2.05, 4.69) is 0 Å². The van der Waals surface area contributed by atoms with Crippen LogP contribution in [0.2, 0.25) is 0 Å². The number of carboxylic acids is 1. The SMILES string of the molecule is O=C(O)[C@@H]1c2ccccc2C(=O)N(c2cccc(C(F)(F)F)c2)[C@@H]1c1cccc(F)c1. The monoisotopic (exact) mass is 429 g/mol. The number of carbonyl (C=O) groups excluding carboxylic acids is 1. The Bertz CT molecular complexity index is 1180. The third-order valence-electron chi connectivity index (χ3n) is 5.25. The van der Waals surface area contributed by atoms with Gasteiger partial charge in [0, 0.05) is 11.3 Å². The van der Waals surface area contributed by atoms with Gasteiger partial charge in [-0.1, -0.05) is 36.4 Å². The smallest absolute Gasteiger partial charge is 0.416 e. The Balaban J connectivity index is 1.99. The van der Waals surface area contributed by atoms with Crippen LogP contribution in [0, 0.1) is 5.82 Å². The topological polar surface area (TPSA) is 57.6 Å². The minimum atomic E-state index is -4.66. The predicted molar refractivity (Wildman–Crippen MR) is 104 cm³/mol. The molecule has 1 aliphatic heterocycles. The summed E-state index contributed by atoms with van der Waals surface area (Å²) in [6.45, 7) is 0. The maximum Gasteiger partial charge on any atom is 0.416 e. The zero-order valence-electron chi connectivity index (χ0n) is 15.8. The number of amides is 1. The lowest BCUT2D eigenvalue weighted by Crippen LogP contribution is -2.45. The lowest BCUT2D eigenvalue weighted by molar-refractivity contribution is -0.140. The average Bonchev–Trinajstić information content (AvgIpc) is 2.73. The van der Waals surface area contributed by atoms with Crippen LogP contribution in [0.3, 0.4) is 0 Å². The maximum atomic E-state index is 14.0. The highest BCUT2D eigenvalue weighted by Gasteiger charge is 2.45. The third kappa shape index (κ3) is 3.65. The molecule has 3 aromatic carbocycles. The van der Waals surface area contributed by atoms with Gasteiger partial charge in [0.05, 0.1) is 11.6 Å². The number of rotatable bonds is 3. The zero-order chi connectivity index (χ0) is 22.3. The number of hydrogen-bond acceptors (Lipinski definition) is 2. The normalized spacial score (nSPS) is 18.6. The summed E-state index contributed by atoms with van der Waals surface area (Å²) < 4.78 is 53.9. The van der Waals surface area contributed by atoms with Crippen LogP contribution in [0.25, 0.3) is 0 Å². The molecule has 0 unspecified atom stereocenters. The number of anilines is 1. The third-order valence-corrected chi connectivity index (χ3v) is 5.25. The number of aliphatic carboxylic acids is 1. The molecule has 0 spiro atoms. The first-order valence-corrected chi connectivity index (χ1v) is 9.26.